The predicted octanol–water partition coefficient (Wildman–Crippen LogP) is 3.24. The van der Waals surface area contributed by atoms with E-state index in [-0.39, 0.29) is 12.5 Å². The first kappa shape index (κ1) is 20.9. The van der Waals surface area contributed by atoms with Crippen molar-refractivity contribution in [2.45, 2.75) is 20.8 Å². The molecule has 2 aromatic carbocycles. The Balaban J connectivity index is 1.48. The highest BCUT2D eigenvalue weighted by atomic mass is 16.5. The second-order valence-corrected chi connectivity index (χ2v) is 7.39. The van der Waals surface area contributed by atoms with Gasteiger partial charge in [-0.3, -0.25) is 4.79 Å². The highest BCUT2D eigenvalue weighted by Gasteiger charge is 2.16. The quantitative estimate of drug-likeness (QED) is 0.761. The van der Waals surface area contributed by atoms with Crippen LogP contribution >= 0.6 is 0 Å². The summed E-state index contributed by atoms with van der Waals surface area (Å²) in [5.41, 5.74) is 4.41. The number of nitrogens with zero attached hydrogens (tertiary/aromatic N) is 2. The monoisotopic (exact) mass is 395 g/mol. The highest BCUT2D eigenvalue weighted by molar-refractivity contribution is 5.95. The Labute approximate surface area is 172 Å². The maximum atomic E-state index is 12.1. The second kappa shape index (κ2) is 9.56. The number of rotatable bonds is 6. The molecule has 0 aromatic heterocycles. The van der Waals surface area contributed by atoms with Crippen molar-refractivity contribution in [3.8, 4) is 0 Å². The van der Waals surface area contributed by atoms with E-state index in [1.165, 1.54) is 0 Å². The number of benzene rings is 2. The molecule has 1 fully saturated rings. The summed E-state index contributed by atoms with van der Waals surface area (Å²) >= 11 is 0. The molecule has 1 aliphatic heterocycles. The van der Waals surface area contributed by atoms with E-state index in [1.54, 1.807) is 12.1 Å². The summed E-state index contributed by atoms with van der Waals surface area (Å²) in [4.78, 5) is 29.0. The number of piperazine rings is 1. The van der Waals surface area contributed by atoms with Crippen LogP contribution in [0.15, 0.2) is 42.5 Å². The number of likely N-dealkylation sites (N-methyl/N-ethyl adjacent to an activating group) is 1. The molecular formula is C23H29N3O3. The number of ether oxygens (including phenoxy) is 1. The number of hydrogen-bond acceptors (Lipinski definition) is 5. The van der Waals surface area contributed by atoms with Crippen molar-refractivity contribution in [3.63, 3.8) is 0 Å². The van der Waals surface area contributed by atoms with Crippen LogP contribution < -0.4 is 10.2 Å². The lowest BCUT2D eigenvalue weighted by Crippen LogP contribution is -2.46. The molecule has 3 rings (SSSR count). The smallest absolute Gasteiger partial charge is 0.338 e. The molecule has 154 valence electrons. The van der Waals surface area contributed by atoms with E-state index in [2.05, 4.69) is 22.0 Å². The first-order valence-corrected chi connectivity index (χ1v) is 10.1. The molecule has 6 nitrogen and oxygen atoms in total. The maximum absolute atomic E-state index is 12.1. The highest BCUT2D eigenvalue weighted by Crippen LogP contribution is 2.19. The fourth-order valence-electron chi connectivity index (χ4n) is 3.36. The van der Waals surface area contributed by atoms with Gasteiger partial charge in [-0.05, 0) is 67.9 Å². The minimum Gasteiger partial charge on any atom is -0.452 e. The minimum absolute atomic E-state index is 0.313. The summed E-state index contributed by atoms with van der Waals surface area (Å²) in [7, 11) is 0. The number of aryl methyl sites for hydroxylation is 2. The lowest BCUT2D eigenvalue weighted by Gasteiger charge is -2.35. The molecule has 1 heterocycles. The molecule has 0 saturated carbocycles. The molecule has 1 N–H and O–H groups in total. The van der Waals surface area contributed by atoms with E-state index in [0.29, 0.717) is 11.3 Å². The van der Waals surface area contributed by atoms with Crippen molar-refractivity contribution in [1.82, 2.24) is 4.90 Å². The molecule has 0 aliphatic carbocycles. The van der Waals surface area contributed by atoms with Gasteiger partial charge < -0.3 is 19.9 Å². The van der Waals surface area contributed by atoms with Crippen molar-refractivity contribution in [1.29, 1.82) is 0 Å². The Bertz CT molecular complexity index is 856. The van der Waals surface area contributed by atoms with Gasteiger partial charge in [-0.2, -0.15) is 0 Å². The Hall–Kier alpha value is -2.86. The molecular weight excluding hydrogens is 366 g/mol. The van der Waals surface area contributed by atoms with Crippen molar-refractivity contribution in [2.24, 2.45) is 0 Å². The van der Waals surface area contributed by atoms with Crippen molar-refractivity contribution >= 4 is 23.3 Å². The maximum Gasteiger partial charge on any atom is 0.338 e. The molecule has 0 bridgehead atoms. The standard InChI is InChI=1S/C23H29N3O3/c1-4-25-11-13-26(14-12-25)21-9-7-20(8-10-21)24-22(27)16-29-23(28)19-6-5-17(2)18(3)15-19/h5-10,15H,4,11-14,16H2,1-3H3,(H,24,27). The van der Waals surface area contributed by atoms with E-state index in [4.69, 9.17) is 4.74 Å². The first-order valence-electron chi connectivity index (χ1n) is 10.1. The lowest BCUT2D eigenvalue weighted by molar-refractivity contribution is -0.119. The van der Waals surface area contributed by atoms with Gasteiger partial charge in [0, 0.05) is 37.6 Å². The van der Waals surface area contributed by atoms with E-state index in [1.807, 2.05) is 44.2 Å². The lowest BCUT2D eigenvalue weighted by atomic mass is 10.1. The third-order valence-electron chi connectivity index (χ3n) is 5.41. The first-order chi connectivity index (χ1) is 14.0. The van der Waals surface area contributed by atoms with Crippen LogP contribution in [0.4, 0.5) is 11.4 Å². The number of esters is 1. The molecule has 29 heavy (non-hydrogen) atoms. The summed E-state index contributed by atoms with van der Waals surface area (Å²) in [6, 6.07) is 13.1. The number of carbonyl (C=O) groups excluding carboxylic acids is 2. The van der Waals surface area contributed by atoms with E-state index in [9.17, 15) is 9.59 Å². The van der Waals surface area contributed by atoms with Gasteiger partial charge in [0.05, 0.1) is 5.56 Å². The number of hydrogen-bond donors (Lipinski definition) is 1. The van der Waals surface area contributed by atoms with Crippen LogP contribution in [-0.2, 0) is 9.53 Å². The molecule has 2 aromatic rings. The topological polar surface area (TPSA) is 61.9 Å². The zero-order chi connectivity index (χ0) is 20.8. The summed E-state index contributed by atoms with van der Waals surface area (Å²) in [6.07, 6.45) is 0. The van der Waals surface area contributed by atoms with E-state index < -0.39 is 5.97 Å². The number of nitrogens with one attached hydrogen (secondary N) is 1. The molecule has 6 heteroatoms. The average molecular weight is 396 g/mol. The van der Waals surface area contributed by atoms with E-state index in [0.717, 1.165) is 49.5 Å². The van der Waals surface area contributed by atoms with Crippen LogP contribution in [0.25, 0.3) is 0 Å². The predicted molar refractivity (Wildman–Crippen MR) is 116 cm³/mol. The van der Waals surface area contributed by atoms with Crippen molar-refractivity contribution in [2.75, 3.05) is 49.5 Å². The SMILES string of the molecule is CCN1CCN(c2ccc(NC(=O)COC(=O)c3ccc(C)c(C)c3)cc2)CC1. The zero-order valence-electron chi connectivity index (χ0n) is 17.4. The molecule has 1 saturated heterocycles. The third-order valence-corrected chi connectivity index (χ3v) is 5.41. The molecule has 0 atom stereocenters. The normalized spacial score (nSPS) is 14.5. The van der Waals surface area contributed by atoms with Crippen LogP contribution in [0.5, 0.6) is 0 Å². The van der Waals surface area contributed by atoms with Gasteiger partial charge in [0.1, 0.15) is 0 Å². The number of amides is 1. The van der Waals surface area contributed by atoms with Gasteiger partial charge in [0.2, 0.25) is 0 Å². The average Bonchev–Trinajstić information content (AvgIpc) is 2.74. The van der Waals surface area contributed by atoms with Crippen LogP contribution in [0, 0.1) is 13.8 Å². The number of carbonyl (C=O) groups is 2. The van der Waals surface area contributed by atoms with Gasteiger partial charge in [-0.1, -0.05) is 13.0 Å². The largest absolute Gasteiger partial charge is 0.452 e. The molecule has 0 unspecified atom stereocenters. The summed E-state index contributed by atoms with van der Waals surface area (Å²) in [5, 5.41) is 2.77. The minimum atomic E-state index is -0.496. The third kappa shape index (κ3) is 5.57. The van der Waals surface area contributed by atoms with E-state index >= 15 is 0 Å². The fraction of sp³-hybridized carbons (Fsp3) is 0.391. The summed E-state index contributed by atoms with van der Waals surface area (Å²) in [6.45, 7) is 11.0. The van der Waals surface area contributed by atoms with Crippen LogP contribution in [0.1, 0.15) is 28.4 Å². The van der Waals surface area contributed by atoms with Crippen LogP contribution in [0.3, 0.4) is 0 Å². The van der Waals surface area contributed by atoms with Gasteiger partial charge >= 0.3 is 5.97 Å². The van der Waals surface area contributed by atoms with Gasteiger partial charge in [-0.15, -0.1) is 0 Å². The summed E-state index contributed by atoms with van der Waals surface area (Å²) < 4.78 is 5.13. The molecule has 1 amide bonds. The van der Waals surface area contributed by atoms with Gasteiger partial charge in [-0.25, -0.2) is 4.79 Å². The second-order valence-electron chi connectivity index (χ2n) is 7.39. The van der Waals surface area contributed by atoms with Crippen LogP contribution in [-0.4, -0.2) is 56.1 Å². The number of anilines is 2. The molecule has 0 radical (unpaired) electrons. The van der Waals surface area contributed by atoms with Gasteiger partial charge in [0.15, 0.2) is 6.61 Å². The van der Waals surface area contributed by atoms with Crippen LogP contribution in [0.2, 0.25) is 0 Å². The summed E-state index contributed by atoms with van der Waals surface area (Å²) in [5.74, 6) is -0.851. The Morgan fingerprint density at radius 2 is 1.66 bits per heavy atom. The Morgan fingerprint density at radius 3 is 2.28 bits per heavy atom. The Kier molecular flexibility index (Phi) is 6.88. The fourth-order valence-corrected chi connectivity index (χ4v) is 3.36. The van der Waals surface area contributed by atoms with Gasteiger partial charge in [0.25, 0.3) is 5.91 Å². The molecule has 0 spiro atoms. The van der Waals surface area contributed by atoms with Crippen molar-refractivity contribution < 1.29 is 14.3 Å². The zero-order valence-corrected chi connectivity index (χ0v) is 17.4. The molecule has 1 aliphatic rings. The Morgan fingerprint density at radius 1 is 0.966 bits per heavy atom. The van der Waals surface area contributed by atoms with Crippen molar-refractivity contribution in [3.05, 3.63) is 59.2 Å².